The van der Waals surface area contributed by atoms with E-state index in [1.54, 1.807) is 12.1 Å². The van der Waals surface area contributed by atoms with Gasteiger partial charge in [-0.25, -0.2) is 4.79 Å². The number of hydrogen-bond donors (Lipinski definition) is 0. The maximum Gasteiger partial charge on any atom is 0.338 e. The first-order valence-corrected chi connectivity index (χ1v) is 11.1. The fourth-order valence-electron chi connectivity index (χ4n) is 3.85. The number of piperidine rings is 1. The molecule has 2 unspecified atom stereocenters. The Hall–Kier alpha value is -3.59. The number of benzene rings is 1. The van der Waals surface area contributed by atoms with Gasteiger partial charge in [0.15, 0.2) is 13.2 Å². The third-order valence-corrected chi connectivity index (χ3v) is 5.60. The topological polar surface area (TPSA) is 124 Å². The normalized spacial score (nSPS) is 17.4. The van der Waals surface area contributed by atoms with E-state index in [-0.39, 0.29) is 56.1 Å². The Balaban J connectivity index is 1.84. The number of hydrogen-bond acceptors (Lipinski definition) is 7. The number of amides is 2. The van der Waals surface area contributed by atoms with Gasteiger partial charge in [-0.1, -0.05) is 0 Å². The minimum absolute atomic E-state index is 0.0611. The fraction of sp³-hybridized carbons (Fsp3) is 0.542. The lowest BCUT2D eigenvalue weighted by Gasteiger charge is -2.38. The smallest absolute Gasteiger partial charge is 0.338 e. The van der Waals surface area contributed by atoms with Gasteiger partial charge in [0.25, 0.3) is 11.8 Å². The first-order chi connectivity index (χ1) is 15.9. The molecule has 33 heavy (non-hydrogen) atoms. The highest BCUT2D eigenvalue weighted by atomic mass is 16.5. The Morgan fingerprint density at radius 2 is 1.58 bits per heavy atom. The Labute approximate surface area is 194 Å². The van der Waals surface area contributed by atoms with Crippen molar-refractivity contribution in [3.8, 4) is 17.9 Å². The zero-order valence-electron chi connectivity index (χ0n) is 19.2. The lowest BCUT2D eigenvalue weighted by Crippen LogP contribution is -2.49. The molecule has 0 radical (unpaired) electrons. The van der Waals surface area contributed by atoms with E-state index in [2.05, 4.69) is 0 Å². The molecule has 2 amide bonds. The van der Waals surface area contributed by atoms with Crippen LogP contribution in [0.2, 0.25) is 0 Å². The molecular weight excluding hydrogens is 424 g/mol. The second-order valence-corrected chi connectivity index (χ2v) is 8.02. The molecule has 9 nitrogen and oxygen atoms in total. The van der Waals surface area contributed by atoms with Crippen molar-refractivity contribution >= 4 is 17.8 Å². The second-order valence-electron chi connectivity index (χ2n) is 8.02. The molecule has 0 spiro atoms. The highest BCUT2D eigenvalue weighted by Crippen LogP contribution is 2.23. The number of nitriles is 2. The zero-order valence-corrected chi connectivity index (χ0v) is 19.2. The molecule has 0 bridgehead atoms. The molecule has 0 aliphatic carbocycles. The van der Waals surface area contributed by atoms with Gasteiger partial charge >= 0.3 is 5.97 Å². The molecule has 9 heteroatoms. The number of carbonyl (C=O) groups is 3. The monoisotopic (exact) mass is 454 g/mol. The van der Waals surface area contributed by atoms with Gasteiger partial charge in [-0.2, -0.15) is 10.5 Å². The molecule has 0 N–H and O–H groups in total. The molecule has 1 aliphatic rings. The van der Waals surface area contributed by atoms with Crippen molar-refractivity contribution in [3.05, 3.63) is 29.8 Å². The van der Waals surface area contributed by atoms with Crippen molar-refractivity contribution in [2.45, 2.75) is 58.0 Å². The first kappa shape index (κ1) is 25.7. The maximum atomic E-state index is 12.6. The molecule has 1 aliphatic heterocycles. The average molecular weight is 455 g/mol. The number of nitrogens with zero attached hydrogens (tertiary/aromatic N) is 4. The summed E-state index contributed by atoms with van der Waals surface area (Å²) in [5.74, 6) is -0.752. The minimum Gasteiger partial charge on any atom is -0.484 e. The van der Waals surface area contributed by atoms with Crippen LogP contribution in [-0.4, -0.2) is 66.0 Å². The molecule has 176 valence electrons. The van der Waals surface area contributed by atoms with Crippen LogP contribution in [0, 0.1) is 22.7 Å². The number of ether oxygens (including phenoxy) is 2. The van der Waals surface area contributed by atoms with Gasteiger partial charge in [0.05, 0.1) is 30.5 Å². The highest BCUT2D eigenvalue weighted by Gasteiger charge is 2.29. The molecule has 1 saturated heterocycles. The Bertz CT molecular complexity index is 875. The van der Waals surface area contributed by atoms with E-state index in [9.17, 15) is 14.4 Å². The van der Waals surface area contributed by atoms with E-state index in [0.29, 0.717) is 5.75 Å². The Kier molecular flexibility index (Phi) is 10.2. The molecule has 1 fully saturated rings. The predicted octanol–water partition coefficient (Wildman–Crippen LogP) is 2.67. The van der Waals surface area contributed by atoms with Gasteiger partial charge in [0, 0.05) is 25.2 Å². The average Bonchev–Trinajstić information content (AvgIpc) is 2.81. The van der Waals surface area contributed by atoms with Crippen LogP contribution in [0.1, 0.15) is 56.3 Å². The summed E-state index contributed by atoms with van der Waals surface area (Å²) in [7, 11) is 0. The fourth-order valence-corrected chi connectivity index (χ4v) is 3.85. The van der Waals surface area contributed by atoms with E-state index in [0.717, 1.165) is 19.3 Å². The predicted molar refractivity (Wildman–Crippen MR) is 119 cm³/mol. The quantitative estimate of drug-likeness (QED) is 0.498. The number of esters is 1. The van der Waals surface area contributed by atoms with Gasteiger partial charge in [-0.05, 0) is 57.4 Å². The van der Waals surface area contributed by atoms with Crippen LogP contribution >= 0.6 is 0 Å². The summed E-state index contributed by atoms with van der Waals surface area (Å²) < 4.78 is 10.7. The van der Waals surface area contributed by atoms with Gasteiger partial charge < -0.3 is 19.3 Å². The van der Waals surface area contributed by atoms with E-state index in [1.807, 2.05) is 30.9 Å². The van der Waals surface area contributed by atoms with Crippen LogP contribution in [0.4, 0.5) is 0 Å². The number of rotatable bonds is 10. The number of likely N-dealkylation sites (tertiary alicyclic amines) is 1. The van der Waals surface area contributed by atoms with Crippen molar-refractivity contribution < 1.29 is 23.9 Å². The standard InChI is InChI=1S/C24H30N4O5/c1-18-6-3-7-19(2)28(18)23(30)17-32-21-10-8-20(9-11-21)24(31)33-16-22(29)27(14-4-12-25)15-5-13-26/h8-11,18-19H,3-7,14-17H2,1-2H3. The third-order valence-electron chi connectivity index (χ3n) is 5.60. The van der Waals surface area contributed by atoms with Crippen molar-refractivity contribution in [3.63, 3.8) is 0 Å². The third kappa shape index (κ3) is 7.80. The molecule has 1 aromatic rings. The molecule has 1 heterocycles. The zero-order chi connectivity index (χ0) is 24.2. The van der Waals surface area contributed by atoms with Crippen LogP contribution in [0.3, 0.4) is 0 Å². The Morgan fingerprint density at radius 3 is 2.12 bits per heavy atom. The van der Waals surface area contributed by atoms with Crippen LogP contribution in [0.25, 0.3) is 0 Å². The molecular formula is C24H30N4O5. The van der Waals surface area contributed by atoms with E-state index >= 15 is 0 Å². The summed E-state index contributed by atoms with van der Waals surface area (Å²) in [6.45, 7) is 3.89. The largest absolute Gasteiger partial charge is 0.484 e. The van der Waals surface area contributed by atoms with Crippen LogP contribution < -0.4 is 4.74 Å². The maximum absolute atomic E-state index is 12.6. The summed E-state index contributed by atoms with van der Waals surface area (Å²) >= 11 is 0. The summed E-state index contributed by atoms with van der Waals surface area (Å²) in [5.41, 5.74) is 0.236. The SMILES string of the molecule is CC1CCCC(C)N1C(=O)COc1ccc(C(=O)OCC(=O)N(CCC#N)CCC#N)cc1. The van der Waals surface area contributed by atoms with Crippen LogP contribution in [-0.2, 0) is 14.3 Å². The first-order valence-electron chi connectivity index (χ1n) is 11.1. The van der Waals surface area contributed by atoms with Crippen LogP contribution in [0.15, 0.2) is 24.3 Å². The molecule has 2 rings (SSSR count). The Morgan fingerprint density at radius 1 is 1.00 bits per heavy atom. The summed E-state index contributed by atoms with van der Waals surface area (Å²) in [5, 5.41) is 17.4. The lowest BCUT2D eigenvalue weighted by molar-refractivity contribution is -0.139. The summed E-state index contributed by atoms with van der Waals surface area (Å²) in [6, 6.07) is 10.4. The van der Waals surface area contributed by atoms with E-state index in [1.165, 1.54) is 17.0 Å². The van der Waals surface area contributed by atoms with Crippen molar-refractivity contribution in [2.24, 2.45) is 0 Å². The molecule has 2 atom stereocenters. The van der Waals surface area contributed by atoms with Crippen molar-refractivity contribution in [1.82, 2.24) is 9.80 Å². The molecule has 0 aromatic heterocycles. The van der Waals surface area contributed by atoms with E-state index in [4.69, 9.17) is 20.0 Å². The minimum atomic E-state index is -0.678. The number of carbonyl (C=O) groups excluding carboxylic acids is 3. The van der Waals surface area contributed by atoms with Gasteiger partial charge in [0.1, 0.15) is 5.75 Å². The van der Waals surface area contributed by atoms with Crippen molar-refractivity contribution in [1.29, 1.82) is 10.5 Å². The molecule has 1 aromatic carbocycles. The summed E-state index contributed by atoms with van der Waals surface area (Å²) in [4.78, 5) is 40.3. The lowest BCUT2D eigenvalue weighted by atomic mass is 9.97. The highest BCUT2D eigenvalue weighted by molar-refractivity contribution is 5.91. The summed E-state index contributed by atoms with van der Waals surface area (Å²) in [6.07, 6.45) is 3.36. The van der Waals surface area contributed by atoms with Crippen LogP contribution in [0.5, 0.6) is 5.75 Å². The van der Waals surface area contributed by atoms with Gasteiger partial charge in [0.2, 0.25) is 0 Å². The second kappa shape index (κ2) is 13.1. The van der Waals surface area contributed by atoms with E-state index < -0.39 is 18.5 Å². The molecule has 0 saturated carbocycles. The van der Waals surface area contributed by atoms with Crippen molar-refractivity contribution in [2.75, 3.05) is 26.3 Å². The van der Waals surface area contributed by atoms with Gasteiger partial charge in [-0.3, -0.25) is 9.59 Å². The van der Waals surface area contributed by atoms with Gasteiger partial charge in [-0.15, -0.1) is 0 Å².